The first-order chi connectivity index (χ1) is 7.77. The Morgan fingerprint density at radius 1 is 1.53 bits per heavy atom. The quantitative estimate of drug-likeness (QED) is 0.908. The van der Waals surface area contributed by atoms with E-state index in [2.05, 4.69) is 10.3 Å². The molecule has 0 amide bonds. The summed E-state index contributed by atoms with van der Waals surface area (Å²) in [6.07, 6.45) is -2.91. The molecule has 1 aromatic heterocycles. The summed E-state index contributed by atoms with van der Waals surface area (Å²) < 4.78 is 37.1. The summed E-state index contributed by atoms with van der Waals surface area (Å²) in [5, 5.41) is 13.6. The molecule has 0 aromatic carbocycles. The molecule has 7 heteroatoms. The maximum absolute atomic E-state index is 12.4. The Morgan fingerprint density at radius 2 is 2.18 bits per heavy atom. The van der Waals surface area contributed by atoms with Crippen molar-refractivity contribution in [2.45, 2.75) is 25.6 Å². The maximum Gasteiger partial charge on any atom is 0.405 e. The second-order valence-corrected chi connectivity index (χ2v) is 4.96. The minimum atomic E-state index is -4.50. The molecule has 0 aliphatic rings. The van der Waals surface area contributed by atoms with Crippen LogP contribution >= 0.6 is 11.3 Å². The number of halogens is 3. The number of alkyl halides is 3. The summed E-state index contributed by atoms with van der Waals surface area (Å²) in [5.41, 5.74) is -0.672. The van der Waals surface area contributed by atoms with Crippen LogP contribution in [0.3, 0.4) is 0 Å². The number of thiazole rings is 1. The van der Waals surface area contributed by atoms with Crippen LogP contribution in [0.25, 0.3) is 0 Å². The zero-order chi connectivity index (χ0) is 13.1. The number of nitriles is 1. The summed E-state index contributed by atoms with van der Waals surface area (Å²) in [6.45, 7) is 3.03. The van der Waals surface area contributed by atoms with Crippen LogP contribution in [0, 0.1) is 17.2 Å². The Labute approximate surface area is 101 Å². The molecule has 0 fully saturated rings. The number of nitrogens with one attached hydrogen (secondary N) is 1. The molecule has 0 aliphatic heterocycles. The van der Waals surface area contributed by atoms with Crippen molar-refractivity contribution in [1.29, 1.82) is 5.26 Å². The van der Waals surface area contributed by atoms with Gasteiger partial charge in [0, 0.05) is 18.1 Å². The molecule has 1 N–H and O–H groups in total. The zero-order valence-electron chi connectivity index (χ0n) is 9.38. The minimum absolute atomic E-state index is 0.438. The van der Waals surface area contributed by atoms with E-state index in [1.54, 1.807) is 25.4 Å². The van der Waals surface area contributed by atoms with Crippen LogP contribution in [0.15, 0.2) is 11.6 Å². The van der Waals surface area contributed by atoms with Crippen molar-refractivity contribution < 1.29 is 13.2 Å². The molecule has 1 aromatic rings. The van der Waals surface area contributed by atoms with Gasteiger partial charge in [-0.1, -0.05) is 0 Å². The smallest absolute Gasteiger partial charge is 0.304 e. The topological polar surface area (TPSA) is 48.7 Å². The van der Waals surface area contributed by atoms with Gasteiger partial charge in [0.2, 0.25) is 0 Å². The van der Waals surface area contributed by atoms with Gasteiger partial charge in [-0.25, -0.2) is 4.98 Å². The summed E-state index contributed by atoms with van der Waals surface area (Å²) in [6, 6.07) is 1.26. The van der Waals surface area contributed by atoms with E-state index in [0.29, 0.717) is 5.01 Å². The van der Waals surface area contributed by atoms with E-state index in [1.807, 2.05) is 0 Å². The fourth-order valence-electron chi connectivity index (χ4n) is 1.20. The normalized spacial score (nSPS) is 14.4. The lowest BCUT2D eigenvalue weighted by molar-refractivity contribution is -0.158. The molecule has 1 heterocycles. The van der Waals surface area contributed by atoms with E-state index in [9.17, 15) is 13.2 Å². The summed E-state index contributed by atoms with van der Waals surface area (Å²) in [7, 11) is 0. The Bertz CT molecular complexity index is 392. The lowest BCUT2D eigenvalue weighted by Crippen LogP contribution is -2.42. The van der Waals surface area contributed by atoms with Crippen LogP contribution < -0.4 is 5.32 Å². The average Bonchev–Trinajstić information content (AvgIpc) is 2.69. The van der Waals surface area contributed by atoms with Crippen LogP contribution in [0.5, 0.6) is 0 Å². The number of aromatic nitrogens is 1. The predicted molar refractivity (Wildman–Crippen MR) is 58.3 cm³/mol. The summed E-state index contributed by atoms with van der Waals surface area (Å²) in [4.78, 5) is 4.05. The van der Waals surface area contributed by atoms with Gasteiger partial charge in [-0.2, -0.15) is 18.4 Å². The highest BCUT2D eigenvalue weighted by Crippen LogP contribution is 2.27. The third-order valence-electron chi connectivity index (χ3n) is 2.27. The van der Waals surface area contributed by atoms with Gasteiger partial charge >= 0.3 is 6.18 Å². The fraction of sp³-hybridized carbons (Fsp3) is 0.600. The first-order valence-corrected chi connectivity index (χ1v) is 5.76. The third kappa shape index (κ3) is 3.68. The lowest BCUT2D eigenvalue weighted by Gasteiger charge is -2.25. The Balaban J connectivity index is 2.65. The third-order valence-corrected chi connectivity index (χ3v) is 3.36. The maximum atomic E-state index is 12.4. The molecule has 0 bridgehead atoms. The van der Waals surface area contributed by atoms with Crippen LogP contribution in [0.4, 0.5) is 13.2 Å². The predicted octanol–water partition coefficient (Wildman–Crippen LogP) is 2.67. The van der Waals surface area contributed by atoms with E-state index < -0.39 is 24.2 Å². The van der Waals surface area contributed by atoms with E-state index in [4.69, 9.17) is 5.26 Å². The Kier molecular flexibility index (Phi) is 4.11. The molecule has 0 radical (unpaired) electrons. The van der Waals surface area contributed by atoms with Crippen LogP contribution in [-0.4, -0.2) is 17.7 Å². The second-order valence-electron chi connectivity index (χ2n) is 4.07. The molecular weight excluding hydrogens is 251 g/mol. The summed E-state index contributed by atoms with van der Waals surface area (Å²) in [5.74, 6) is -2.00. The number of nitrogens with zero attached hydrogens (tertiary/aromatic N) is 2. The fourth-order valence-corrected chi connectivity index (χ4v) is 1.94. The van der Waals surface area contributed by atoms with E-state index in [0.717, 1.165) is 0 Å². The zero-order valence-corrected chi connectivity index (χ0v) is 10.2. The molecule has 3 nitrogen and oxygen atoms in total. The Hall–Kier alpha value is -1.13. The van der Waals surface area contributed by atoms with Crippen LogP contribution in [0.2, 0.25) is 0 Å². The lowest BCUT2D eigenvalue weighted by atomic mass is 10.0. The highest BCUT2D eigenvalue weighted by Gasteiger charge is 2.40. The number of hydrogen-bond acceptors (Lipinski definition) is 4. The molecule has 1 atom stereocenters. The first-order valence-electron chi connectivity index (χ1n) is 4.88. The van der Waals surface area contributed by atoms with Crippen molar-refractivity contribution in [3.05, 3.63) is 16.6 Å². The SMILES string of the molecule is CC(C)(NCC(C#N)C(F)(F)F)c1nccs1. The van der Waals surface area contributed by atoms with Gasteiger partial charge < -0.3 is 5.32 Å². The average molecular weight is 263 g/mol. The molecule has 94 valence electrons. The van der Waals surface area contributed by atoms with Crippen molar-refractivity contribution >= 4 is 11.3 Å². The Morgan fingerprint density at radius 3 is 2.59 bits per heavy atom. The van der Waals surface area contributed by atoms with Gasteiger partial charge in [-0.3, -0.25) is 0 Å². The second kappa shape index (κ2) is 5.02. The largest absolute Gasteiger partial charge is 0.405 e. The summed E-state index contributed by atoms with van der Waals surface area (Å²) >= 11 is 1.36. The van der Waals surface area contributed by atoms with Crippen molar-refractivity contribution in [3.63, 3.8) is 0 Å². The van der Waals surface area contributed by atoms with Gasteiger partial charge in [0.05, 0.1) is 11.6 Å². The van der Waals surface area contributed by atoms with Gasteiger partial charge in [-0.15, -0.1) is 11.3 Å². The standard InChI is InChI=1S/C10H12F3N3S/c1-9(2,8-15-3-4-17-8)16-6-7(5-14)10(11,12)13/h3-4,7,16H,6H2,1-2H3. The highest BCUT2D eigenvalue weighted by molar-refractivity contribution is 7.09. The van der Waals surface area contributed by atoms with Gasteiger partial charge in [0.1, 0.15) is 5.01 Å². The minimum Gasteiger partial charge on any atom is -0.304 e. The number of rotatable bonds is 4. The molecule has 0 saturated heterocycles. The van der Waals surface area contributed by atoms with Gasteiger partial charge in [-0.05, 0) is 13.8 Å². The van der Waals surface area contributed by atoms with E-state index in [-0.39, 0.29) is 0 Å². The van der Waals surface area contributed by atoms with E-state index in [1.165, 1.54) is 17.4 Å². The van der Waals surface area contributed by atoms with Gasteiger partial charge in [0.15, 0.2) is 5.92 Å². The van der Waals surface area contributed by atoms with Crippen LogP contribution in [0.1, 0.15) is 18.9 Å². The van der Waals surface area contributed by atoms with Crippen molar-refractivity contribution in [2.75, 3.05) is 6.54 Å². The van der Waals surface area contributed by atoms with Crippen LogP contribution in [-0.2, 0) is 5.54 Å². The van der Waals surface area contributed by atoms with E-state index >= 15 is 0 Å². The molecule has 0 saturated carbocycles. The molecular formula is C10H12F3N3S. The monoisotopic (exact) mass is 263 g/mol. The molecule has 1 unspecified atom stereocenters. The van der Waals surface area contributed by atoms with Crippen molar-refractivity contribution in [2.24, 2.45) is 5.92 Å². The molecule has 1 rings (SSSR count). The molecule has 0 aliphatic carbocycles. The highest BCUT2D eigenvalue weighted by atomic mass is 32.1. The first kappa shape index (κ1) is 13.9. The molecule has 0 spiro atoms. The van der Waals surface area contributed by atoms with Crippen molar-refractivity contribution in [3.8, 4) is 6.07 Å². The number of hydrogen-bond donors (Lipinski definition) is 1. The van der Waals surface area contributed by atoms with Gasteiger partial charge in [0.25, 0.3) is 0 Å². The van der Waals surface area contributed by atoms with Crippen molar-refractivity contribution in [1.82, 2.24) is 10.3 Å². The molecule has 17 heavy (non-hydrogen) atoms.